The average molecular weight is 482 g/mol. The molecule has 1 aromatic heterocycles. The van der Waals surface area contributed by atoms with Crippen LogP contribution in [-0.4, -0.2) is 55.8 Å². The molecule has 0 aliphatic carbocycles. The Morgan fingerprint density at radius 3 is 2.71 bits per heavy atom. The van der Waals surface area contributed by atoms with E-state index in [-0.39, 0.29) is 29.2 Å². The molecule has 2 aliphatic heterocycles. The summed E-state index contributed by atoms with van der Waals surface area (Å²) in [6.45, 7) is 2.99. The molecule has 4 rings (SSSR count). The first-order valence-electron chi connectivity index (χ1n) is 11.4. The third-order valence-electron chi connectivity index (χ3n) is 6.36. The van der Waals surface area contributed by atoms with Gasteiger partial charge in [-0.2, -0.15) is 10.2 Å². The molecule has 11 nitrogen and oxygen atoms in total. The van der Waals surface area contributed by atoms with Crippen LogP contribution in [0.25, 0.3) is 0 Å². The van der Waals surface area contributed by atoms with Gasteiger partial charge in [-0.1, -0.05) is 6.07 Å². The van der Waals surface area contributed by atoms with Crippen molar-refractivity contribution in [3.63, 3.8) is 0 Å². The largest absolute Gasteiger partial charge is 0.493 e. The number of rotatable bonds is 6. The van der Waals surface area contributed by atoms with Crippen LogP contribution in [0.2, 0.25) is 0 Å². The molecule has 35 heavy (non-hydrogen) atoms. The summed E-state index contributed by atoms with van der Waals surface area (Å²) in [5.74, 6) is -1.92. The number of hydrogen-bond donors (Lipinski definition) is 2. The summed E-state index contributed by atoms with van der Waals surface area (Å²) in [4.78, 5) is 47.6. The molecule has 2 aliphatic rings. The Morgan fingerprint density at radius 2 is 2.03 bits per heavy atom. The van der Waals surface area contributed by atoms with Gasteiger partial charge in [-0.3, -0.25) is 19.4 Å². The van der Waals surface area contributed by atoms with Gasteiger partial charge in [-0.05, 0) is 37.5 Å². The highest BCUT2D eigenvalue weighted by atomic mass is 16.5. The molecule has 184 valence electrons. The molecule has 11 heteroatoms. The van der Waals surface area contributed by atoms with E-state index in [1.807, 2.05) is 6.07 Å². The van der Waals surface area contributed by atoms with Gasteiger partial charge < -0.3 is 24.4 Å². The summed E-state index contributed by atoms with van der Waals surface area (Å²) in [6.07, 6.45) is 1.41. The van der Waals surface area contributed by atoms with Crippen molar-refractivity contribution in [2.75, 3.05) is 44.1 Å². The number of nitrogens with zero attached hydrogens (tertiary/aromatic N) is 3. The zero-order chi connectivity index (χ0) is 25.1. The van der Waals surface area contributed by atoms with E-state index in [1.54, 1.807) is 30.0 Å². The molecule has 1 saturated heterocycles. The van der Waals surface area contributed by atoms with E-state index in [1.165, 1.54) is 14.2 Å². The van der Waals surface area contributed by atoms with Crippen LogP contribution < -0.4 is 25.2 Å². The van der Waals surface area contributed by atoms with Gasteiger partial charge in [0.2, 0.25) is 11.9 Å². The zero-order valence-corrected chi connectivity index (χ0v) is 19.8. The first-order chi connectivity index (χ1) is 16.9. The van der Waals surface area contributed by atoms with Gasteiger partial charge >= 0.3 is 5.97 Å². The lowest BCUT2D eigenvalue weighted by Crippen LogP contribution is -2.43. The molecule has 1 amide bonds. The number of nitrogens with one attached hydrogen (secondary N) is 2. The van der Waals surface area contributed by atoms with E-state index < -0.39 is 23.3 Å². The van der Waals surface area contributed by atoms with Gasteiger partial charge in [-0.15, -0.1) is 0 Å². The second-order valence-electron chi connectivity index (χ2n) is 8.38. The number of anilines is 2. The summed E-state index contributed by atoms with van der Waals surface area (Å²) in [5.41, 5.74) is 0.264. The number of esters is 1. The monoisotopic (exact) mass is 481 g/mol. The van der Waals surface area contributed by atoms with Crippen LogP contribution in [0.5, 0.6) is 11.5 Å². The molecule has 3 unspecified atom stereocenters. The second-order valence-corrected chi connectivity index (χ2v) is 8.38. The number of aromatic nitrogens is 2. The highest BCUT2D eigenvalue weighted by Gasteiger charge is 2.41. The Kier molecular flexibility index (Phi) is 6.91. The summed E-state index contributed by atoms with van der Waals surface area (Å²) >= 11 is 0. The van der Waals surface area contributed by atoms with E-state index in [2.05, 4.69) is 15.3 Å². The molecule has 2 aromatic rings. The quantitative estimate of drug-likeness (QED) is 0.589. The number of fused-ring (bicyclic) bond motifs is 1. The van der Waals surface area contributed by atoms with Crippen LogP contribution in [0.3, 0.4) is 0 Å². The topological polar surface area (TPSA) is 147 Å². The fraction of sp³-hybridized carbons (Fsp3) is 0.458. The maximum atomic E-state index is 13.3. The van der Waals surface area contributed by atoms with E-state index >= 15 is 0 Å². The first-order valence-corrected chi connectivity index (χ1v) is 11.4. The van der Waals surface area contributed by atoms with Gasteiger partial charge in [-0.25, -0.2) is 0 Å². The summed E-state index contributed by atoms with van der Waals surface area (Å²) in [6, 6.07) is 7.02. The molecule has 3 atom stereocenters. The second kappa shape index (κ2) is 10.0. The third-order valence-corrected chi connectivity index (χ3v) is 6.36. The van der Waals surface area contributed by atoms with Crippen LogP contribution in [0, 0.1) is 23.2 Å². The fourth-order valence-electron chi connectivity index (χ4n) is 4.68. The van der Waals surface area contributed by atoms with Crippen molar-refractivity contribution in [1.82, 2.24) is 9.97 Å². The smallest absolute Gasteiger partial charge is 0.310 e. The van der Waals surface area contributed by atoms with Crippen molar-refractivity contribution in [2.24, 2.45) is 11.8 Å². The highest BCUT2D eigenvalue weighted by molar-refractivity contribution is 5.98. The normalized spacial score (nSPS) is 21.4. The summed E-state index contributed by atoms with van der Waals surface area (Å²) in [7, 11) is 2.98. The SMILES string of the molecule is CCOC(=O)C1CCCN(c2nc3c(c(=O)[nH]2)C(c2ccc(OC)c(OC)c2)C(C#N)C(=O)N3)C1. The molecular weight excluding hydrogens is 454 g/mol. The number of hydrogen-bond acceptors (Lipinski definition) is 9. The van der Waals surface area contributed by atoms with Gasteiger partial charge in [0.25, 0.3) is 5.56 Å². The standard InChI is InChI=1S/C24H27N5O6/c1-4-35-23(32)14-6-5-9-29(12-14)24-27-20-19(22(31)28-24)18(15(11-25)21(30)26-20)13-7-8-16(33-2)17(10-13)34-3/h7-8,10,14-15,18H,4-6,9,12H2,1-3H3,(H2,26,27,28,30,31). The van der Waals surface area contributed by atoms with Gasteiger partial charge in [0.1, 0.15) is 11.7 Å². The molecule has 3 heterocycles. The van der Waals surface area contributed by atoms with Crippen molar-refractivity contribution in [3.05, 3.63) is 39.7 Å². The van der Waals surface area contributed by atoms with Crippen molar-refractivity contribution < 1.29 is 23.8 Å². The maximum absolute atomic E-state index is 13.3. The molecule has 2 N–H and O–H groups in total. The molecule has 0 saturated carbocycles. The lowest BCUT2D eigenvalue weighted by Gasteiger charge is -2.33. The number of benzene rings is 1. The Labute approximate surface area is 202 Å². The van der Waals surface area contributed by atoms with Gasteiger partial charge in [0.05, 0.1) is 38.4 Å². The number of ether oxygens (including phenoxy) is 3. The number of amides is 1. The van der Waals surface area contributed by atoms with Crippen LogP contribution in [-0.2, 0) is 14.3 Å². The number of aromatic amines is 1. The Balaban J connectivity index is 1.75. The van der Waals surface area contributed by atoms with Crippen LogP contribution >= 0.6 is 0 Å². The number of nitriles is 1. The lowest BCUT2D eigenvalue weighted by atomic mass is 9.79. The zero-order valence-electron chi connectivity index (χ0n) is 19.8. The van der Waals surface area contributed by atoms with E-state index in [4.69, 9.17) is 14.2 Å². The Morgan fingerprint density at radius 1 is 1.26 bits per heavy atom. The minimum Gasteiger partial charge on any atom is -0.493 e. The summed E-state index contributed by atoms with van der Waals surface area (Å²) < 4.78 is 15.8. The molecule has 0 spiro atoms. The van der Waals surface area contributed by atoms with E-state index in [9.17, 15) is 19.6 Å². The maximum Gasteiger partial charge on any atom is 0.310 e. The van der Waals surface area contributed by atoms with E-state index in [0.29, 0.717) is 43.2 Å². The number of piperidine rings is 1. The van der Waals surface area contributed by atoms with Crippen molar-refractivity contribution in [3.8, 4) is 17.6 Å². The molecule has 0 bridgehead atoms. The average Bonchev–Trinajstić information content (AvgIpc) is 2.87. The fourth-order valence-corrected chi connectivity index (χ4v) is 4.68. The van der Waals surface area contributed by atoms with Crippen molar-refractivity contribution >= 4 is 23.6 Å². The highest BCUT2D eigenvalue weighted by Crippen LogP contribution is 2.41. The Bertz CT molecular complexity index is 1240. The predicted octanol–water partition coefficient (Wildman–Crippen LogP) is 1.79. The minimum absolute atomic E-state index is 0.0956. The molecular formula is C24H27N5O6. The molecule has 0 radical (unpaired) electrons. The van der Waals surface area contributed by atoms with Gasteiger partial charge in [0.15, 0.2) is 11.5 Å². The predicted molar refractivity (Wildman–Crippen MR) is 126 cm³/mol. The lowest BCUT2D eigenvalue weighted by molar-refractivity contribution is -0.148. The van der Waals surface area contributed by atoms with Crippen molar-refractivity contribution in [1.29, 1.82) is 5.26 Å². The van der Waals surface area contributed by atoms with Crippen LogP contribution in [0.15, 0.2) is 23.0 Å². The van der Waals surface area contributed by atoms with Crippen molar-refractivity contribution in [2.45, 2.75) is 25.7 Å². The van der Waals surface area contributed by atoms with Gasteiger partial charge in [0, 0.05) is 19.0 Å². The minimum atomic E-state index is -1.14. The van der Waals surface area contributed by atoms with Crippen LogP contribution in [0.4, 0.5) is 11.8 Å². The number of carbonyl (C=O) groups is 2. The number of methoxy groups -OCH3 is 2. The first kappa shape index (κ1) is 24.1. The molecule has 1 fully saturated rings. The van der Waals surface area contributed by atoms with Crippen LogP contribution in [0.1, 0.15) is 36.8 Å². The Hall–Kier alpha value is -4.07. The third kappa shape index (κ3) is 4.51. The summed E-state index contributed by atoms with van der Waals surface area (Å²) in [5, 5.41) is 12.4. The number of H-pyrrole nitrogens is 1. The van der Waals surface area contributed by atoms with E-state index in [0.717, 1.165) is 6.42 Å². The number of carbonyl (C=O) groups excluding carboxylic acids is 2. The molecule has 1 aromatic carbocycles.